The van der Waals surface area contributed by atoms with Crippen LogP contribution in [0.2, 0.25) is 0 Å². The summed E-state index contributed by atoms with van der Waals surface area (Å²) in [5.74, 6) is -0.885. The van der Waals surface area contributed by atoms with Crippen LogP contribution in [0, 0.1) is 0 Å². The van der Waals surface area contributed by atoms with E-state index < -0.39 is 5.97 Å². The molecule has 0 aliphatic heterocycles. The Labute approximate surface area is 111 Å². The first kappa shape index (κ1) is 11.5. The predicted molar refractivity (Wildman–Crippen MR) is 76.4 cm³/mol. The fourth-order valence-corrected chi connectivity index (χ4v) is 2.31. The molecule has 3 rings (SSSR count). The molecular formula is C17H12O2. The van der Waals surface area contributed by atoms with Crippen molar-refractivity contribution in [2.24, 2.45) is 0 Å². The Morgan fingerprint density at radius 1 is 0.895 bits per heavy atom. The zero-order valence-electron chi connectivity index (χ0n) is 10.2. The Hall–Kier alpha value is -2.61. The van der Waals surface area contributed by atoms with E-state index in [-0.39, 0.29) is 0 Å². The van der Waals surface area contributed by atoms with Gasteiger partial charge in [0.05, 0.1) is 5.57 Å². The van der Waals surface area contributed by atoms with Crippen molar-refractivity contribution < 1.29 is 9.90 Å². The maximum atomic E-state index is 11.3. The van der Waals surface area contributed by atoms with E-state index >= 15 is 0 Å². The van der Waals surface area contributed by atoms with Gasteiger partial charge in [-0.2, -0.15) is 0 Å². The summed E-state index contributed by atoms with van der Waals surface area (Å²) in [5.41, 5.74) is 4.13. The van der Waals surface area contributed by atoms with Crippen molar-refractivity contribution >= 4 is 23.2 Å². The van der Waals surface area contributed by atoms with E-state index in [1.807, 2.05) is 60.7 Å². The number of carbonyl (C=O) groups is 1. The molecule has 0 radical (unpaired) electrons. The normalized spacial score (nSPS) is 15.2. The van der Waals surface area contributed by atoms with Gasteiger partial charge in [0, 0.05) is 0 Å². The van der Waals surface area contributed by atoms with Gasteiger partial charge in [-0.15, -0.1) is 0 Å². The van der Waals surface area contributed by atoms with Crippen LogP contribution in [0.4, 0.5) is 0 Å². The van der Waals surface area contributed by atoms with Gasteiger partial charge >= 0.3 is 5.97 Å². The fourth-order valence-electron chi connectivity index (χ4n) is 2.31. The highest BCUT2D eigenvalue weighted by Crippen LogP contribution is 2.36. The summed E-state index contributed by atoms with van der Waals surface area (Å²) in [6.07, 6.45) is 3.74. The molecule has 2 aromatic carbocycles. The van der Waals surface area contributed by atoms with Gasteiger partial charge in [0.15, 0.2) is 0 Å². The number of benzene rings is 2. The summed E-state index contributed by atoms with van der Waals surface area (Å²) >= 11 is 0. The van der Waals surface area contributed by atoms with Crippen LogP contribution in [0.1, 0.15) is 16.7 Å². The Balaban J connectivity index is 2.14. The summed E-state index contributed by atoms with van der Waals surface area (Å²) in [4.78, 5) is 11.3. The van der Waals surface area contributed by atoms with Crippen molar-refractivity contribution in [3.63, 3.8) is 0 Å². The SMILES string of the molecule is O=C(O)C1=CC(=Cc2ccccc2)c2ccccc21. The second-order valence-electron chi connectivity index (χ2n) is 4.42. The second kappa shape index (κ2) is 4.58. The molecule has 0 unspecified atom stereocenters. The van der Waals surface area contributed by atoms with Crippen LogP contribution in [0.15, 0.2) is 60.7 Å². The molecule has 2 heteroatoms. The van der Waals surface area contributed by atoms with Crippen LogP contribution in [0.25, 0.3) is 17.2 Å². The molecule has 0 spiro atoms. The summed E-state index contributed by atoms with van der Waals surface area (Å²) in [7, 11) is 0. The van der Waals surface area contributed by atoms with Crippen molar-refractivity contribution in [2.45, 2.75) is 0 Å². The lowest BCUT2D eigenvalue weighted by Gasteiger charge is -2.01. The Morgan fingerprint density at radius 2 is 1.53 bits per heavy atom. The fraction of sp³-hybridized carbons (Fsp3) is 0. The lowest BCUT2D eigenvalue weighted by Crippen LogP contribution is -1.97. The lowest BCUT2D eigenvalue weighted by molar-refractivity contribution is -0.130. The quantitative estimate of drug-likeness (QED) is 0.879. The van der Waals surface area contributed by atoms with E-state index in [2.05, 4.69) is 0 Å². The van der Waals surface area contributed by atoms with Crippen LogP contribution >= 0.6 is 0 Å². The molecule has 0 saturated heterocycles. The molecule has 0 atom stereocenters. The molecule has 2 nitrogen and oxygen atoms in total. The van der Waals surface area contributed by atoms with E-state index in [9.17, 15) is 9.90 Å². The standard InChI is InChI=1S/C17H12O2/c18-17(19)16-11-13(10-12-6-2-1-3-7-12)14-8-4-5-9-15(14)16/h1-11H,(H,18,19). The van der Waals surface area contributed by atoms with Gasteiger partial charge in [-0.05, 0) is 34.4 Å². The average molecular weight is 248 g/mol. The predicted octanol–water partition coefficient (Wildman–Crippen LogP) is 3.71. The first-order valence-corrected chi connectivity index (χ1v) is 6.07. The van der Waals surface area contributed by atoms with Crippen molar-refractivity contribution in [3.8, 4) is 0 Å². The smallest absolute Gasteiger partial charge is 0.336 e. The third-order valence-electron chi connectivity index (χ3n) is 3.18. The molecule has 0 heterocycles. The summed E-state index contributed by atoms with van der Waals surface area (Å²) in [6, 6.07) is 17.5. The number of allylic oxidation sites excluding steroid dienone is 2. The Morgan fingerprint density at radius 3 is 2.21 bits per heavy atom. The van der Waals surface area contributed by atoms with E-state index in [4.69, 9.17) is 0 Å². The van der Waals surface area contributed by atoms with E-state index in [1.165, 1.54) is 0 Å². The topological polar surface area (TPSA) is 37.3 Å². The average Bonchev–Trinajstić information content (AvgIpc) is 2.79. The van der Waals surface area contributed by atoms with Gasteiger partial charge in [0.1, 0.15) is 0 Å². The van der Waals surface area contributed by atoms with Crippen LogP contribution in [0.5, 0.6) is 0 Å². The lowest BCUT2D eigenvalue weighted by atomic mass is 10.0. The van der Waals surface area contributed by atoms with Gasteiger partial charge in [-0.1, -0.05) is 54.6 Å². The molecule has 1 aliphatic carbocycles. The van der Waals surface area contributed by atoms with Crippen LogP contribution in [-0.4, -0.2) is 11.1 Å². The third-order valence-corrected chi connectivity index (χ3v) is 3.18. The van der Waals surface area contributed by atoms with Crippen molar-refractivity contribution in [2.75, 3.05) is 0 Å². The highest BCUT2D eigenvalue weighted by atomic mass is 16.4. The molecule has 19 heavy (non-hydrogen) atoms. The van der Waals surface area contributed by atoms with E-state index in [0.717, 1.165) is 22.3 Å². The molecule has 1 aliphatic rings. The number of carboxylic acid groups (broad SMARTS) is 1. The number of carboxylic acids is 1. The summed E-state index contributed by atoms with van der Waals surface area (Å²) in [5, 5.41) is 9.25. The van der Waals surface area contributed by atoms with Crippen molar-refractivity contribution in [1.82, 2.24) is 0 Å². The van der Waals surface area contributed by atoms with Gasteiger partial charge < -0.3 is 5.11 Å². The molecule has 1 N–H and O–H groups in total. The minimum Gasteiger partial charge on any atom is -0.478 e. The van der Waals surface area contributed by atoms with Gasteiger partial charge in [0.25, 0.3) is 0 Å². The summed E-state index contributed by atoms with van der Waals surface area (Å²) in [6.45, 7) is 0. The number of hydrogen-bond acceptors (Lipinski definition) is 1. The zero-order valence-corrected chi connectivity index (χ0v) is 10.2. The highest BCUT2D eigenvalue weighted by molar-refractivity contribution is 6.23. The third kappa shape index (κ3) is 2.08. The first-order valence-electron chi connectivity index (χ1n) is 6.07. The number of fused-ring (bicyclic) bond motifs is 1. The molecule has 0 fully saturated rings. The molecular weight excluding hydrogens is 236 g/mol. The number of aliphatic carboxylic acids is 1. The van der Waals surface area contributed by atoms with Gasteiger partial charge in [-0.3, -0.25) is 0 Å². The number of rotatable bonds is 2. The molecule has 0 amide bonds. The number of hydrogen-bond donors (Lipinski definition) is 1. The molecule has 0 bridgehead atoms. The minimum absolute atomic E-state index is 0.359. The minimum atomic E-state index is -0.885. The molecule has 0 aromatic heterocycles. The van der Waals surface area contributed by atoms with Crippen LogP contribution in [0.3, 0.4) is 0 Å². The Kier molecular flexibility index (Phi) is 2.76. The van der Waals surface area contributed by atoms with Gasteiger partial charge in [0.2, 0.25) is 0 Å². The van der Waals surface area contributed by atoms with E-state index in [0.29, 0.717) is 5.57 Å². The van der Waals surface area contributed by atoms with Crippen molar-refractivity contribution in [3.05, 3.63) is 77.4 Å². The monoisotopic (exact) mass is 248 g/mol. The highest BCUT2D eigenvalue weighted by Gasteiger charge is 2.22. The van der Waals surface area contributed by atoms with Crippen LogP contribution in [-0.2, 0) is 4.79 Å². The zero-order chi connectivity index (χ0) is 13.2. The Bertz CT molecular complexity index is 694. The maximum absolute atomic E-state index is 11.3. The van der Waals surface area contributed by atoms with E-state index in [1.54, 1.807) is 6.08 Å². The summed E-state index contributed by atoms with van der Waals surface area (Å²) < 4.78 is 0. The van der Waals surface area contributed by atoms with Crippen LogP contribution < -0.4 is 0 Å². The molecule has 92 valence electrons. The largest absolute Gasteiger partial charge is 0.478 e. The first-order chi connectivity index (χ1) is 9.25. The molecule has 2 aromatic rings. The van der Waals surface area contributed by atoms with Gasteiger partial charge in [-0.25, -0.2) is 4.79 Å². The van der Waals surface area contributed by atoms with Crippen molar-refractivity contribution in [1.29, 1.82) is 0 Å². The second-order valence-corrected chi connectivity index (χ2v) is 4.42. The maximum Gasteiger partial charge on any atom is 0.336 e. The molecule has 0 saturated carbocycles.